The molecule has 0 aliphatic carbocycles. The van der Waals surface area contributed by atoms with Crippen molar-refractivity contribution in [3.63, 3.8) is 0 Å². The molecule has 18 heavy (non-hydrogen) atoms. The third-order valence-corrected chi connectivity index (χ3v) is 4.05. The third-order valence-electron chi connectivity index (χ3n) is 4.05. The highest BCUT2D eigenvalue weighted by atomic mass is 19.4. The monoisotopic (exact) mass is 267 g/mol. The SMILES string of the molecule is CCCCCC(C)(CNC(C)C(F)(F)F)C(C)C. The smallest absolute Gasteiger partial charge is 0.306 e. The molecule has 2 atom stereocenters. The quantitative estimate of drug-likeness (QED) is 0.625. The van der Waals surface area contributed by atoms with Crippen LogP contribution in [0.25, 0.3) is 0 Å². The van der Waals surface area contributed by atoms with E-state index in [0.29, 0.717) is 12.5 Å². The van der Waals surface area contributed by atoms with Gasteiger partial charge in [-0.25, -0.2) is 0 Å². The number of hydrogen-bond acceptors (Lipinski definition) is 1. The molecule has 0 fully saturated rings. The Balaban J connectivity index is 4.35. The zero-order chi connectivity index (χ0) is 14.4. The fourth-order valence-electron chi connectivity index (χ4n) is 1.86. The molecule has 0 saturated heterocycles. The lowest BCUT2D eigenvalue weighted by atomic mass is 9.75. The summed E-state index contributed by atoms with van der Waals surface area (Å²) in [5.41, 5.74) is -0.0608. The molecular formula is C14H28F3N. The van der Waals surface area contributed by atoms with Crippen molar-refractivity contribution in [2.45, 2.75) is 72.5 Å². The number of unbranched alkanes of at least 4 members (excludes halogenated alkanes) is 2. The van der Waals surface area contributed by atoms with Crippen LogP contribution in [-0.2, 0) is 0 Å². The number of nitrogens with one attached hydrogen (secondary N) is 1. The van der Waals surface area contributed by atoms with Gasteiger partial charge in [-0.15, -0.1) is 0 Å². The van der Waals surface area contributed by atoms with Gasteiger partial charge in [0.25, 0.3) is 0 Å². The van der Waals surface area contributed by atoms with E-state index in [1.165, 1.54) is 6.92 Å². The fraction of sp³-hybridized carbons (Fsp3) is 1.00. The van der Waals surface area contributed by atoms with Gasteiger partial charge >= 0.3 is 6.18 Å². The molecule has 2 unspecified atom stereocenters. The predicted octanol–water partition coefficient (Wildman–Crippen LogP) is 4.77. The Morgan fingerprint density at radius 2 is 1.61 bits per heavy atom. The Bertz CT molecular complexity index is 226. The lowest BCUT2D eigenvalue weighted by Gasteiger charge is -2.35. The highest BCUT2D eigenvalue weighted by Gasteiger charge is 2.37. The van der Waals surface area contributed by atoms with Crippen molar-refractivity contribution in [3.8, 4) is 0 Å². The molecule has 0 heterocycles. The zero-order valence-electron chi connectivity index (χ0n) is 12.3. The molecule has 0 saturated carbocycles. The summed E-state index contributed by atoms with van der Waals surface area (Å²) in [6.07, 6.45) is 0.211. The van der Waals surface area contributed by atoms with E-state index in [9.17, 15) is 13.2 Å². The molecular weight excluding hydrogens is 239 g/mol. The molecule has 1 N–H and O–H groups in total. The van der Waals surface area contributed by atoms with Gasteiger partial charge in [-0.1, -0.05) is 47.0 Å². The summed E-state index contributed by atoms with van der Waals surface area (Å²) in [5, 5.41) is 2.65. The van der Waals surface area contributed by atoms with Crippen LogP contribution in [0.2, 0.25) is 0 Å². The fourth-order valence-corrected chi connectivity index (χ4v) is 1.86. The first-order chi connectivity index (χ1) is 8.13. The van der Waals surface area contributed by atoms with Crippen LogP contribution in [0.4, 0.5) is 13.2 Å². The zero-order valence-corrected chi connectivity index (χ0v) is 12.3. The van der Waals surface area contributed by atoms with Crippen molar-refractivity contribution in [1.29, 1.82) is 0 Å². The summed E-state index contributed by atoms with van der Waals surface area (Å²) in [6, 6.07) is -1.43. The molecule has 0 aliphatic heterocycles. The lowest BCUT2D eigenvalue weighted by Crippen LogP contribution is -2.46. The molecule has 0 aliphatic rings. The van der Waals surface area contributed by atoms with Crippen LogP contribution in [0.5, 0.6) is 0 Å². The Morgan fingerprint density at radius 3 is 2.00 bits per heavy atom. The third kappa shape index (κ3) is 6.07. The Morgan fingerprint density at radius 1 is 1.06 bits per heavy atom. The molecule has 0 aromatic carbocycles. The van der Waals surface area contributed by atoms with Crippen LogP contribution < -0.4 is 5.32 Å². The largest absolute Gasteiger partial charge is 0.403 e. The van der Waals surface area contributed by atoms with Gasteiger partial charge in [-0.2, -0.15) is 13.2 Å². The van der Waals surface area contributed by atoms with Crippen LogP contribution in [0.1, 0.15) is 60.3 Å². The first-order valence-electron chi connectivity index (χ1n) is 6.93. The summed E-state index contributed by atoms with van der Waals surface area (Å²) in [6.45, 7) is 10.0. The highest BCUT2D eigenvalue weighted by molar-refractivity contribution is 4.83. The second-order valence-electron chi connectivity index (χ2n) is 5.91. The summed E-state index contributed by atoms with van der Waals surface area (Å²) >= 11 is 0. The van der Waals surface area contributed by atoms with E-state index in [-0.39, 0.29) is 5.41 Å². The molecule has 0 radical (unpaired) electrons. The molecule has 110 valence electrons. The molecule has 0 bridgehead atoms. The maximum Gasteiger partial charge on any atom is 0.403 e. The van der Waals surface area contributed by atoms with Gasteiger partial charge in [0.05, 0.1) is 0 Å². The van der Waals surface area contributed by atoms with Gasteiger partial charge in [-0.05, 0) is 24.7 Å². The van der Waals surface area contributed by atoms with Gasteiger partial charge in [0.2, 0.25) is 0 Å². The van der Waals surface area contributed by atoms with Crippen molar-refractivity contribution >= 4 is 0 Å². The molecule has 1 nitrogen and oxygen atoms in total. The van der Waals surface area contributed by atoms with E-state index < -0.39 is 12.2 Å². The summed E-state index contributed by atoms with van der Waals surface area (Å²) in [4.78, 5) is 0. The lowest BCUT2D eigenvalue weighted by molar-refractivity contribution is -0.153. The highest BCUT2D eigenvalue weighted by Crippen LogP contribution is 2.33. The minimum atomic E-state index is -4.15. The van der Waals surface area contributed by atoms with Crippen molar-refractivity contribution in [1.82, 2.24) is 5.32 Å². The number of hydrogen-bond donors (Lipinski definition) is 1. The second kappa shape index (κ2) is 7.37. The van der Waals surface area contributed by atoms with E-state index in [0.717, 1.165) is 25.7 Å². The van der Waals surface area contributed by atoms with E-state index >= 15 is 0 Å². The number of halogens is 3. The van der Waals surface area contributed by atoms with Crippen LogP contribution in [0, 0.1) is 11.3 Å². The topological polar surface area (TPSA) is 12.0 Å². The average molecular weight is 267 g/mol. The van der Waals surface area contributed by atoms with Crippen molar-refractivity contribution in [2.24, 2.45) is 11.3 Å². The van der Waals surface area contributed by atoms with Gasteiger partial charge < -0.3 is 5.32 Å². The second-order valence-corrected chi connectivity index (χ2v) is 5.91. The Labute approximate surface area is 110 Å². The van der Waals surface area contributed by atoms with Gasteiger partial charge in [0.15, 0.2) is 0 Å². The molecule has 0 aromatic heterocycles. The number of rotatable bonds is 8. The van der Waals surface area contributed by atoms with E-state index in [1.807, 2.05) is 0 Å². The minimum Gasteiger partial charge on any atom is -0.306 e. The molecule has 0 aromatic rings. The maximum absolute atomic E-state index is 12.5. The van der Waals surface area contributed by atoms with Crippen molar-refractivity contribution < 1.29 is 13.2 Å². The van der Waals surface area contributed by atoms with Crippen LogP contribution in [0.15, 0.2) is 0 Å². The average Bonchev–Trinajstić information content (AvgIpc) is 2.24. The minimum absolute atomic E-state index is 0.0608. The first kappa shape index (κ1) is 17.8. The van der Waals surface area contributed by atoms with Crippen molar-refractivity contribution in [2.75, 3.05) is 6.54 Å². The van der Waals surface area contributed by atoms with Gasteiger partial charge in [0.1, 0.15) is 6.04 Å². The summed E-state index contributed by atoms with van der Waals surface area (Å²) in [7, 11) is 0. The van der Waals surface area contributed by atoms with Crippen molar-refractivity contribution in [3.05, 3.63) is 0 Å². The van der Waals surface area contributed by atoms with Crippen LogP contribution in [0.3, 0.4) is 0 Å². The van der Waals surface area contributed by atoms with E-state index in [4.69, 9.17) is 0 Å². The van der Waals surface area contributed by atoms with Gasteiger partial charge in [-0.3, -0.25) is 0 Å². The molecule has 0 amide bonds. The maximum atomic E-state index is 12.5. The molecule has 4 heteroatoms. The Kier molecular flexibility index (Phi) is 7.26. The normalized spacial score (nSPS) is 17.8. The summed E-state index contributed by atoms with van der Waals surface area (Å²) in [5.74, 6) is 0.377. The predicted molar refractivity (Wildman–Crippen MR) is 70.6 cm³/mol. The van der Waals surface area contributed by atoms with E-state index in [2.05, 4.69) is 33.0 Å². The molecule has 0 spiro atoms. The first-order valence-corrected chi connectivity index (χ1v) is 6.93. The van der Waals surface area contributed by atoms with Gasteiger partial charge in [0, 0.05) is 6.54 Å². The molecule has 0 rings (SSSR count). The standard InChI is InChI=1S/C14H28F3N/c1-6-7-8-9-13(5,11(2)3)10-18-12(4)14(15,16)17/h11-12,18H,6-10H2,1-5H3. The number of alkyl halides is 3. The van der Waals surface area contributed by atoms with Crippen LogP contribution in [-0.4, -0.2) is 18.8 Å². The Hall–Kier alpha value is -0.250. The van der Waals surface area contributed by atoms with E-state index in [1.54, 1.807) is 0 Å². The van der Waals surface area contributed by atoms with Crippen LogP contribution >= 0.6 is 0 Å². The summed E-state index contributed by atoms with van der Waals surface area (Å²) < 4.78 is 37.4.